The van der Waals surface area contributed by atoms with Crippen molar-refractivity contribution in [1.29, 1.82) is 0 Å². The van der Waals surface area contributed by atoms with Crippen LogP contribution in [0.2, 0.25) is 5.15 Å². The van der Waals surface area contributed by atoms with E-state index < -0.39 is 5.60 Å². The highest BCUT2D eigenvalue weighted by atomic mass is 35.5. The van der Waals surface area contributed by atoms with Gasteiger partial charge >= 0.3 is 6.09 Å². The van der Waals surface area contributed by atoms with Gasteiger partial charge in [-0.3, -0.25) is 0 Å². The van der Waals surface area contributed by atoms with Gasteiger partial charge in [-0.15, -0.1) is 0 Å². The fourth-order valence-electron chi connectivity index (χ4n) is 3.70. The van der Waals surface area contributed by atoms with Crippen molar-refractivity contribution in [3.8, 4) is 0 Å². The number of amides is 1. The fraction of sp³-hybridized carbons (Fsp3) is 0.647. The molecule has 23 heavy (non-hydrogen) atoms. The van der Waals surface area contributed by atoms with Crippen molar-refractivity contribution in [2.75, 3.05) is 18.0 Å². The van der Waals surface area contributed by atoms with E-state index in [4.69, 9.17) is 16.3 Å². The minimum atomic E-state index is -0.461. The number of carbonyl (C=O) groups excluding carboxylic acids is 1. The van der Waals surface area contributed by atoms with Crippen molar-refractivity contribution in [3.05, 3.63) is 23.5 Å². The Morgan fingerprint density at radius 1 is 1.35 bits per heavy atom. The van der Waals surface area contributed by atoms with Gasteiger partial charge in [0.2, 0.25) is 0 Å². The molecule has 1 aliphatic carbocycles. The summed E-state index contributed by atoms with van der Waals surface area (Å²) in [5.74, 6) is 0.904. The number of pyridine rings is 1. The molecule has 1 amide bonds. The van der Waals surface area contributed by atoms with Gasteiger partial charge in [0.1, 0.15) is 10.8 Å². The van der Waals surface area contributed by atoms with E-state index in [0.29, 0.717) is 17.0 Å². The van der Waals surface area contributed by atoms with Gasteiger partial charge in [-0.1, -0.05) is 11.6 Å². The van der Waals surface area contributed by atoms with E-state index >= 15 is 0 Å². The Morgan fingerprint density at radius 2 is 2.00 bits per heavy atom. The highest BCUT2D eigenvalue weighted by Crippen LogP contribution is 2.39. The third-order valence-corrected chi connectivity index (χ3v) is 4.80. The summed E-state index contributed by atoms with van der Waals surface area (Å²) in [6.07, 6.45) is 3.71. The lowest BCUT2D eigenvalue weighted by Gasteiger charge is -2.39. The van der Waals surface area contributed by atoms with Crippen LogP contribution in [0.4, 0.5) is 10.5 Å². The average molecular weight is 338 g/mol. The number of alkyl carbamates (subject to hydrolysis) is 1. The number of fused-ring (bicyclic) bond motifs is 2. The van der Waals surface area contributed by atoms with Gasteiger partial charge in [-0.2, -0.15) is 0 Å². The number of rotatable bonds is 2. The molecule has 1 aromatic heterocycles. The van der Waals surface area contributed by atoms with Gasteiger partial charge in [0, 0.05) is 31.0 Å². The van der Waals surface area contributed by atoms with E-state index in [-0.39, 0.29) is 12.1 Å². The van der Waals surface area contributed by atoms with Gasteiger partial charge in [-0.05, 0) is 57.6 Å². The predicted molar refractivity (Wildman–Crippen MR) is 90.8 cm³/mol. The monoisotopic (exact) mass is 337 g/mol. The van der Waals surface area contributed by atoms with Crippen molar-refractivity contribution in [3.63, 3.8) is 0 Å². The Morgan fingerprint density at radius 3 is 2.57 bits per heavy atom. The molecule has 2 fully saturated rings. The smallest absolute Gasteiger partial charge is 0.407 e. The van der Waals surface area contributed by atoms with Gasteiger partial charge in [0.25, 0.3) is 0 Å². The third-order valence-electron chi connectivity index (χ3n) is 4.59. The first-order valence-corrected chi connectivity index (χ1v) is 8.55. The number of halogens is 1. The summed E-state index contributed by atoms with van der Waals surface area (Å²) in [6.45, 7) is 7.51. The first kappa shape index (κ1) is 16.4. The zero-order valence-electron chi connectivity index (χ0n) is 13.9. The molecule has 6 heteroatoms. The molecule has 2 aliphatic rings. The van der Waals surface area contributed by atoms with Crippen molar-refractivity contribution in [2.45, 2.75) is 45.3 Å². The molecule has 1 aromatic rings. The number of nitrogens with zero attached hydrogens (tertiary/aromatic N) is 2. The number of anilines is 1. The highest BCUT2D eigenvalue weighted by Gasteiger charge is 2.43. The number of carbonyl (C=O) groups is 1. The number of aromatic nitrogens is 1. The Hall–Kier alpha value is -1.49. The summed E-state index contributed by atoms with van der Waals surface area (Å²) in [7, 11) is 0. The van der Waals surface area contributed by atoms with Crippen LogP contribution in [0.15, 0.2) is 18.3 Å². The molecule has 2 heterocycles. The van der Waals surface area contributed by atoms with Crippen LogP contribution in [0.5, 0.6) is 0 Å². The minimum Gasteiger partial charge on any atom is -0.444 e. The molecule has 126 valence electrons. The molecule has 5 nitrogen and oxygen atoms in total. The summed E-state index contributed by atoms with van der Waals surface area (Å²) in [5, 5.41) is 3.61. The van der Waals surface area contributed by atoms with Crippen molar-refractivity contribution < 1.29 is 9.53 Å². The molecular formula is C17H24ClN3O2. The Bertz CT molecular complexity index is 573. The van der Waals surface area contributed by atoms with Crippen LogP contribution < -0.4 is 10.2 Å². The number of piperidine rings is 1. The maximum Gasteiger partial charge on any atom is 0.407 e. The normalized spacial score (nSPS) is 27.0. The lowest BCUT2D eigenvalue weighted by Crippen LogP contribution is -2.53. The lowest BCUT2D eigenvalue weighted by molar-refractivity contribution is 0.0472. The first-order valence-electron chi connectivity index (χ1n) is 8.18. The van der Waals surface area contributed by atoms with E-state index in [9.17, 15) is 4.79 Å². The van der Waals surface area contributed by atoms with Crippen LogP contribution in [0.1, 0.15) is 33.6 Å². The molecule has 1 N–H and O–H groups in total. The number of ether oxygens (including phenoxy) is 1. The van der Waals surface area contributed by atoms with Gasteiger partial charge in [-0.25, -0.2) is 9.78 Å². The molecule has 1 saturated carbocycles. The SMILES string of the molecule is CC(C)(C)OC(=O)N[C@H]1[C@@H]2CC[C@H]1CN(c1ccnc(Cl)c1)C2. The quantitative estimate of drug-likeness (QED) is 0.839. The van der Waals surface area contributed by atoms with E-state index in [2.05, 4.69) is 15.2 Å². The fourth-order valence-corrected chi connectivity index (χ4v) is 3.87. The Balaban J connectivity index is 1.64. The Labute approximate surface area is 142 Å². The van der Waals surface area contributed by atoms with Crippen molar-refractivity contribution in [1.82, 2.24) is 10.3 Å². The van der Waals surface area contributed by atoms with Crippen LogP contribution in [-0.2, 0) is 4.74 Å². The van der Waals surface area contributed by atoms with Crippen molar-refractivity contribution >= 4 is 23.4 Å². The average Bonchev–Trinajstić information content (AvgIpc) is 2.68. The maximum atomic E-state index is 12.1. The molecule has 2 bridgehead atoms. The van der Waals surface area contributed by atoms with E-state index in [0.717, 1.165) is 31.6 Å². The van der Waals surface area contributed by atoms with E-state index in [1.54, 1.807) is 6.20 Å². The van der Waals surface area contributed by atoms with Gasteiger partial charge < -0.3 is 15.0 Å². The first-order chi connectivity index (χ1) is 10.8. The second kappa shape index (κ2) is 6.19. The standard InChI is InChI=1S/C17H24ClN3O2/c1-17(2,3)23-16(22)20-15-11-4-5-12(15)10-21(9-11)13-6-7-19-14(18)8-13/h6-8,11-12,15H,4-5,9-10H2,1-3H3,(H,20,22)/t11-,12+,15+. The zero-order valence-corrected chi connectivity index (χ0v) is 14.6. The second-order valence-corrected chi connectivity index (χ2v) is 7.90. The van der Waals surface area contributed by atoms with Crippen LogP contribution in [0.25, 0.3) is 0 Å². The largest absolute Gasteiger partial charge is 0.444 e. The highest BCUT2D eigenvalue weighted by molar-refractivity contribution is 6.29. The summed E-state index contributed by atoms with van der Waals surface area (Å²) in [4.78, 5) is 18.5. The number of nitrogens with one attached hydrogen (secondary N) is 1. The van der Waals surface area contributed by atoms with E-state index in [1.807, 2.05) is 32.9 Å². The molecular weight excluding hydrogens is 314 g/mol. The van der Waals surface area contributed by atoms with Crippen LogP contribution in [0.3, 0.4) is 0 Å². The molecule has 1 aliphatic heterocycles. The summed E-state index contributed by atoms with van der Waals surface area (Å²) in [5.41, 5.74) is 0.648. The van der Waals surface area contributed by atoms with E-state index in [1.165, 1.54) is 0 Å². The minimum absolute atomic E-state index is 0.207. The van der Waals surface area contributed by atoms with Crippen LogP contribution in [0, 0.1) is 11.8 Å². The molecule has 3 atom stereocenters. The molecule has 1 saturated heterocycles. The molecule has 0 unspecified atom stereocenters. The maximum absolute atomic E-state index is 12.1. The Kier molecular flexibility index (Phi) is 4.41. The topological polar surface area (TPSA) is 54.5 Å². The van der Waals surface area contributed by atoms with Crippen LogP contribution >= 0.6 is 11.6 Å². The number of hydrogen-bond acceptors (Lipinski definition) is 4. The number of hydrogen-bond donors (Lipinski definition) is 1. The van der Waals surface area contributed by atoms with Gasteiger partial charge in [0.05, 0.1) is 0 Å². The summed E-state index contributed by atoms with van der Waals surface area (Å²) >= 11 is 6.00. The lowest BCUT2D eigenvalue weighted by atomic mass is 9.92. The molecule has 0 aromatic carbocycles. The second-order valence-electron chi connectivity index (χ2n) is 7.51. The van der Waals surface area contributed by atoms with Crippen molar-refractivity contribution in [2.24, 2.45) is 11.8 Å². The summed E-state index contributed by atoms with van der Waals surface area (Å²) < 4.78 is 5.40. The molecule has 3 rings (SSSR count). The van der Waals surface area contributed by atoms with Gasteiger partial charge in [0.15, 0.2) is 0 Å². The molecule has 0 radical (unpaired) electrons. The molecule has 0 spiro atoms. The zero-order chi connectivity index (χ0) is 16.6. The third kappa shape index (κ3) is 3.89. The van der Waals surface area contributed by atoms with Crippen LogP contribution in [-0.4, -0.2) is 35.8 Å². The predicted octanol–water partition coefficient (Wildman–Crippen LogP) is 3.47. The summed E-state index contributed by atoms with van der Waals surface area (Å²) in [6, 6.07) is 4.11.